The number of methoxy groups -OCH3 is 1. The van der Waals surface area contributed by atoms with Crippen LogP contribution in [0.15, 0.2) is 18.2 Å². The molecule has 0 spiro atoms. The summed E-state index contributed by atoms with van der Waals surface area (Å²) in [5, 5.41) is 1.06. The van der Waals surface area contributed by atoms with Crippen LogP contribution in [0.1, 0.15) is 11.3 Å². The van der Waals surface area contributed by atoms with Crippen LogP contribution in [0.2, 0.25) is 0 Å². The molecule has 0 atom stereocenters. The second-order valence-electron chi connectivity index (χ2n) is 3.48. The number of aryl methyl sites for hydroxylation is 1. The lowest BCUT2D eigenvalue weighted by molar-refractivity contribution is 0.122. The van der Waals surface area contributed by atoms with Crippen LogP contribution in [0.5, 0.6) is 5.75 Å². The molecule has 1 heterocycles. The lowest BCUT2D eigenvalue weighted by Gasteiger charge is -2.08. The first-order chi connectivity index (χ1) is 7.26. The summed E-state index contributed by atoms with van der Waals surface area (Å²) >= 11 is 0. The van der Waals surface area contributed by atoms with Crippen LogP contribution < -0.4 is 10.6 Å². The molecule has 0 amide bonds. The van der Waals surface area contributed by atoms with Gasteiger partial charge in [-0.05, 0) is 19.1 Å². The summed E-state index contributed by atoms with van der Waals surface area (Å²) in [6.45, 7) is 2.36. The van der Waals surface area contributed by atoms with Gasteiger partial charge in [-0.1, -0.05) is 6.07 Å². The van der Waals surface area contributed by atoms with Crippen LogP contribution in [0, 0.1) is 6.92 Å². The largest absolute Gasteiger partial charge is 0.496 e. The number of hydrogen-bond donors (Lipinski definition) is 2. The Morgan fingerprint density at radius 3 is 2.87 bits per heavy atom. The van der Waals surface area contributed by atoms with Gasteiger partial charge in [-0.15, -0.1) is 0 Å². The van der Waals surface area contributed by atoms with E-state index >= 15 is 0 Å². The zero-order valence-electron chi connectivity index (χ0n) is 8.83. The van der Waals surface area contributed by atoms with Gasteiger partial charge in [0.25, 0.3) is 0 Å². The molecular formula is C11H14N2O2. The van der Waals surface area contributed by atoms with Crippen molar-refractivity contribution in [1.29, 1.82) is 0 Å². The van der Waals surface area contributed by atoms with Crippen molar-refractivity contribution < 1.29 is 9.57 Å². The minimum Gasteiger partial charge on any atom is -0.496 e. The van der Waals surface area contributed by atoms with Gasteiger partial charge in [0, 0.05) is 22.2 Å². The first-order valence-electron chi connectivity index (χ1n) is 4.73. The molecule has 15 heavy (non-hydrogen) atoms. The molecule has 1 aromatic heterocycles. The third-order valence-electron chi connectivity index (χ3n) is 2.41. The van der Waals surface area contributed by atoms with Crippen molar-refractivity contribution in [3.05, 3.63) is 29.5 Å². The Bertz CT molecular complexity index is 477. The van der Waals surface area contributed by atoms with E-state index in [1.165, 1.54) is 0 Å². The zero-order chi connectivity index (χ0) is 10.8. The van der Waals surface area contributed by atoms with Crippen LogP contribution >= 0.6 is 0 Å². The molecule has 0 fully saturated rings. The first-order valence-corrected chi connectivity index (χ1v) is 4.73. The number of rotatable bonds is 3. The molecule has 80 valence electrons. The fourth-order valence-corrected chi connectivity index (χ4v) is 1.81. The Kier molecular flexibility index (Phi) is 2.62. The fourth-order valence-electron chi connectivity index (χ4n) is 1.81. The predicted molar refractivity (Wildman–Crippen MR) is 58.6 cm³/mol. The van der Waals surface area contributed by atoms with Crippen LogP contribution in [0.4, 0.5) is 0 Å². The number of nitrogens with one attached hydrogen (secondary N) is 1. The molecule has 3 N–H and O–H groups in total. The van der Waals surface area contributed by atoms with Gasteiger partial charge < -0.3 is 9.72 Å². The van der Waals surface area contributed by atoms with E-state index in [2.05, 4.69) is 9.82 Å². The highest BCUT2D eigenvalue weighted by Crippen LogP contribution is 2.30. The molecule has 2 aromatic rings. The third-order valence-corrected chi connectivity index (χ3v) is 2.41. The molecule has 1 aromatic carbocycles. The number of aromatic amines is 1. The maximum atomic E-state index is 5.37. The first kappa shape index (κ1) is 10.0. The molecule has 0 radical (unpaired) electrons. The summed E-state index contributed by atoms with van der Waals surface area (Å²) in [7, 11) is 1.65. The van der Waals surface area contributed by atoms with Crippen molar-refractivity contribution in [2.45, 2.75) is 13.5 Å². The standard InChI is InChI=1S/C11H14N2O2/c1-7-5-9-10(13-7)4-3-8(6-15-12)11(9)14-2/h3-5,13H,6,12H2,1-2H3. The Balaban J connectivity index is 2.63. The fraction of sp³-hybridized carbons (Fsp3) is 0.273. The number of nitrogens with two attached hydrogens (primary N) is 1. The van der Waals surface area contributed by atoms with Gasteiger partial charge in [0.05, 0.1) is 13.7 Å². The van der Waals surface area contributed by atoms with Crippen molar-refractivity contribution in [2.24, 2.45) is 5.90 Å². The number of H-pyrrole nitrogens is 1. The number of benzene rings is 1. The summed E-state index contributed by atoms with van der Waals surface area (Å²) < 4.78 is 5.37. The van der Waals surface area contributed by atoms with Crippen molar-refractivity contribution in [1.82, 2.24) is 4.98 Å². The predicted octanol–water partition coefficient (Wildman–Crippen LogP) is 1.88. The van der Waals surface area contributed by atoms with E-state index in [1.54, 1.807) is 7.11 Å². The van der Waals surface area contributed by atoms with Crippen molar-refractivity contribution in [2.75, 3.05) is 7.11 Å². The molecule has 0 unspecified atom stereocenters. The summed E-state index contributed by atoms with van der Waals surface area (Å²) in [5.74, 6) is 5.89. The van der Waals surface area contributed by atoms with Gasteiger partial charge in [-0.25, -0.2) is 5.90 Å². The highest BCUT2D eigenvalue weighted by molar-refractivity contribution is 5.88. The SMILES string of the molecule is COc1c(CON)ccc2[nH]c(C)cc12. The smallest absolute Gasteiger partial charge is 0.133 e. The van der Waals surface area contributed by atoms with Crippen LogP contribution in [-0.2, 0) is 11.4 Å². The van der Waals surface area contributed by atoms with E-state index in [-0.39, 0.29) is 0 Å². The number of aromatic nitrogens is 1. The van der Waals surface area contributed by atoms with E-state index in [0.717, 1.165) is 27.9 Å². The molecule has 0 aliphatic carbocycles. The average molecular weight is 206 g/mol. The van der Waals surface area contributed by atoms with E-state index in [9.17, 15) is 0 Å². The number of ether oxygens (including phenoxy) is 1. The molecule has 4 nitrogen and oxygen atoms in total. The summed E-state index contributed by atoms with van der Waals surface area (Å²) in [6.07, 6.45) is 0. The Hall–Kier alpha value is -1.52. The molecular weight excluding hydrogens is 192 g/mol. The van der Waals surface area contributed by atoms with E-state index < -0.39 is 0 Å². The van der Waals surface area contributed by atoms with Gasteiger partial charge in [0.15, 0.2) is 0 Å². The summed E-state index contributed by atoms with van der Waals surface area (Å²) in [4.78, 5) is 7.89. The second kappa shape index (κ2) is 3.92. The quantitative estimate of drug-likeness (QED) is 0.754. The average Bonchev–Trinajstić information content (AvgIpc) is 2.58. The molecule has 0 aliphatic rings. The summed E-state index contributed by atoms with van der Waals surface area (Å²) in [6, 6.07) is 6.00. The van der Waals surface area contributed by atoms with Crippen molar-refractivity contribution in [3.8, 4) is 5.75 Å². The van der Waals surface area contributed by atoms with E-state index in [0.29, 0.717) is 6.61 Å². The lowest BCUT2D eigenvalue weighted by Crippen LogP contribution is -2.01. The van der Waals surface area contributed by atoms with Gasteiger partial charge in [0.1, 0.15) is 5.75 Å². The summed E-state index contributed by atoms with van der Waals surface area (Å²) in [5.41, 5.74) is 3.12. The third kappa shape index (κ3) is 1.69. The van der Waals surface area contributed by atoms with E-state index in [4.69, 9.17) is 10.6 Å². The normalized spacial score (nSPS) is 10.9. The monoisotopic (exact) mass is 206 g/mol. The van der Waals surface area contributed by atoms with Crippen molar-refractivity contribution in [3.63, 3.8) is 0 Å². The second-order valence-corrected chi connectivity index (χ2v) is 3.48. The van der Waals surface area contributed by atoms with Crippen molar-refractivity contribution >= 4 is 10.9 Å². The topological polar surface area (TPSA) is 60.3 Å². The molecule has 0 saturated heterocycles. The van der Waals surface area contributed by atoms with E-state index in [1.807, 2.05) is 25.1 Å². The van der Waals surface area contributed by atoms with Crippen LogP contribution in [-0.4, -0.2) is 12.1 Å². The molecule has 0 aliphatic heterocycles. The molecule has 4 heteroatoms. The van der Waals surface area contributed by atoms with Crippen LogP contribution in [0.25, 0.3) is 10.9 Å². The number of hydrogen-bond acceptors (Lipinski definition) is 3. The maximum Gasteiger partial charge on any atom is 0.133 e. The van der Waals surface area contributed by atoms with Gasteiger partial charge in [-0.2, -0.15) is 0 Å². The molecule has 0 bridgehead atoms. The van der Waals surface area contributed by atoms with Gasteiger partial charge in [-0.3, -0.25) is 4.84 Å². The highest BCUT2D eigenvalue weighted by Gasteiger charge is 2.09. The Morgan fingerprint density at radius 2 is 2.20 bits per heavy atom. The zero-order valence-corrected chi connectivity index (χ0v) is 8.83. The molecule has 0 saturated carbocycles. The van der Waals surface area contributed by atoms with Crippen LogP contribution in [0.3, 0.4) is 0 Å². The Labute approximate surface area is 87.9 Å². The molecule has 2 rings (SSSR count). The minimum atomic E-state index is 0.351. The van der Waals surface area contributed by atoms with Gasteiger partial charge >= 0.3 is 0 Å². The maximum absolute atomic E-state index is 5.37. The van der Waals surface area contributed by atoms with Gasteiger partial charge in [0.2, 0.25) is 0 Å². The Morgan fingerprint density at radius 1 is 1.40 bits per heavy atom. The lowest BCUT2D eigenvalue weighted by atomic mass is 10.1. The number of fused-ring (bicyclic) bond motifs is 1. The highest BCUT2D eigenvalue weighted by atomic mass is 16.6. The minimum absolute atomic E-state index is 0.351.